The van der Waals surface area contributed by atoms with Crippen LogP contribution in [0.15, 0.2) is 23.1 Å². The highest BCUT2D eigenvalue weighted by Crippen LogP contribution is 2.22. The molecule has 5 heteroatoms. The van der Waals surface area contributed by atoms with Gasteiger partial charge in [0.05, 0.1) is 11.0 Å². The van der Waals surface area contributed by atoms with Crippen molar-refractivity contribution in [3.05, 3.63) is 29.3 Å². The highest BCUT2D eigenvalue weighted by Gasteiger charge is 2.31. The van der Waals surface area contributed by atoms with Crippen LogP contribution in [0, 0.1) is 13.8 Å². The van der Waals surface area contributed by atoms with E-state index in [4.69, 9.17) is 0 Å². The molecule has 2 rings (SSSR count). The van der Waals surface area contributed by atoms with Gasteiger partial charge in [0.1, 0.15) is 0 Å². The summed E-state index contributed by atoms with van der Waals surface area (Å²) in [5.74, 6) is 0. The number of aliphatic hydroxyl groups excluding tert-OH is 1. The predicted molar refractivity (Wildman–Crippen MR) is 65.3 cm³/mol. The van der Waals surface area contributed by atoms with Gasteiger partial charge < -0.3 is 5.11 Å². The van der Waals surface area contributed by atoms with Gasteiger partial charge in [-0.15, -0.1) is 0 Å². The van der Waals surface area contributed by atoms with E-state index in [9.17, 15) is 13.5 Å². The lowest BCUT2D eigenvalue weighted by Crippen LogP contribution is -2.29. The summed E-state index contributed by atoms with van der Waals surface area (Å²) in [5, 5.41) is 9.41. The summed E-state index contributed by atoms with van der Waals surface area (Å²) >= 11 is 0. The van der Waals surface area contributed by atoms with E-state index in [-0.39, 0.29) is 6.54 Å². The van der Waals surface area contributed by atoms with Crippen molar-refractivity contribution in [3.8, 4) is 0 Å². The number of nitrogens with zero attached hydrogens (tertiary/aromatic N) is 1. The van der Waals surface area contributed by atoms with Gasteiger partial charge in [0.15, 0.2) is 0 Å². The van der Waals surface area contributed by atoms with E-state index in [2.05, 4.69) is 0 Å². The predicted octanol–water partition coefficient (Wildman–Crippen LogP) is 1.06. The van der Waals surface area contributed by atoms with E-state index >= 15 is 0 Å². The number of aliphatic hydroxyl groups is 1. The van der Waals surface area contributed by atoms with Crippen molar-refractivity contribution < 1.29 is 13.5 Å². The average Bonchev–Trinajstić information content (AvgIpc) is 2.64. The maximum Gasteiger partial charge on any atom is 0.243 e. The maximum atomic E-state index is 12.3. The number of hydrogen-bond donors (Lipinski definition) is 1. The van der Waals surface area contributed by atoms with E-state index < -0.39 is 16.1 Å². The summed E-state index contributed by atoms with van der Waals surface area (Å²) in [6.45, 7) is 4.36. The molecule has 4 nitrogen and oxygen atoms in total. The largest absolute Gasteiger partial charge is 0.392 e. The van der Waals surface area contributed by atoms with Crippen molar-refractivity contribution in [1.29, 1.82) is 0 Å². The molecule has 0 aliphatic carbocycles. The molecule has 1 fully saturated rings. The molecule has 94 valence electrons. The van der Waals surface area contributed by atoms with Crippen LogP contribution in [0.1, 0.15) is 17.5 Å². The zero-order valence-corrected chi connectivity index (χ0v) is 10.9. The zero-order chi connectivity index (χ0) is 12.6. The molecule has 1 aromatic carbocycles. The lowest BCUT2D eigenvalue weighted by atomic mass is 10.2. The fourth-order valence-corrected chi connectivity index (χ4v) is 3.84. The third kappa shape index (κ3) is 2.51. The smallest absolute Gasteiger partial charge is 0.243 e. The highest BCUT2D eigenvalue weighted by molar-refractivity contribution is 7.89. The third-order valence-electron chi connectivity index (χ3n) is 2.96. The molecule has 0 aromatic heterocycles. The normalized spacial score (nSPS) is 21.9. The Morgan fingerprint density at radius 1 is 1.24 bits per heavy atom. The van der Waals surface area contributed by atoms with Gasteiger partial charge in [-0.05, 0) is 43.5 Å². The Kier molecular flexibility index (Phi) is 3.25. The number of hydrogen-bond acceptors (Lipinski definition) is 3. The molecule has 1 aliphatic heterocycles. The average molecular weight is 255 g/mol. The van der Waals surface area contributed by atoms with Crippen molar-refractivity contribution >= 4 is 10.0 Å². The first-order valence-corrected chi connectivity index (χ1v) is 7.10. The highest BCUT2D eigenvalue weighted by atomic mass is 32.2. The summed E-state index contributed by atoms with van der Waals surface area (Å²) in [6.07, 6.45) is -0.0139. The quantitative estimate of drug-likeness (QED) is 0.859. The van der Waals surface area contributed by atoms with Crippen molar-refractivity contribution in [2.45, 2.75) is 31.3 Å². The molecule has 0 saturated carbocycles. The Morgan fingerprint density at radius 3 is 2.29 bits per heavy atom. The minimum atomic E-state index is -3.44. The molecule has 0 spiro atoms. The van der Waals surface area contributed by atoms with Crippen LogP contribution < -0.4 is 0 Å². The molecular formula is C12H17NO3S. The SMILES string of the molecule is Cc1cc(C)cc(S(=O)(=O)N2CCC(O)C2)c1. The van der Waals surface area contributed by atoms with Crippen molar-refractivity contribution in [1.82, 2.24) is 4.31 Å². The lowest BCUT2D eigenvalue weighted by molar-refractivity contribution is 0.189. The molecule has 0 bridgehead atoms. The first kappa shape index (κ1) is 12.5. The summed E-state index contributed by atoms with van der Waals surface area (Å²) in [7, 11) is -3.44. The maximum absolute atomic E-state index is 12.3. The van der Waals surface area contributed by atoms with Crippen LogP contribution in [0.2, 0.25) is 0 Å². The first-order valence-electron chi connectivity index (χ1n) is 5.66. The van der Waals surface area contributed by atoms with Crippen LogP contribution >= 0.6 is 0 Å². The van der Waals surface area contributed by atoms with Gasteiger partial charge in [0, 0.05) is 13.1 Å². The second kappa shape index (κ2) is 4.40. The summed E-state index contributed by atoms with van der Waals surface area (Å²) in [4.78, 5) is 0.323. The number of aryl methyl sites for hydroxylation is 2. The Balaban J connectivity index is 2.38. The van der Waals surface area contributed by atoms with Crippen LogP contribution in [0.5, 0.6) is 0 Å². The molecule has 17 heavy (non-hydrogen) atoms. The number of β-amino-alcohol motifs (C(OH)–C–C–N with tert-alkyl or cyclic N) is 1. The number of rotatable bonds is 2. The molecule has 0 radical (unpaired) electrons. The monoisotopic (exact) mass is 255 g/mol. The Morgan fingerprint density at radius 2 is 1.82 bits per heavy atom. The summed E-state index contributed by atoms with van der Waals surface area (Å²) in [5.41, 5.74) is 1.87. The van der Waals surface area contributed by atoms with E-state index in [0.717, 1.165) is 11.1 Å². The van der Waals surface area contributed by atoms with Crippen LogP contribution in [0.4, 0.5) is 0 Å². The van der Waals surface area contributed by atoms with Crippen molar-refractivity contribution in [3.63, 3.8) is 0 Å². The molecule has 1 aromatic rings. The number of benzene rings is 1. The molecule has 1 unspecified atom stereocenters. The molecule has 1 heterocycles. The van der Waals surface area contributed by atoms with Gasteiger partial charge in [0.2, 0.25) is 10.0 Å². The van der Waals surface area contributed by atoms with Gasteiger partial charge in [0.25, 0.3) is 0 Å². The second-order valence-electron chi connectivity index (χ2n) is 4.63. The standard InChI is InChI=1S/C12H17NO3S/c1-9-5-10(2)7-12(6-9)17(15,16)13-4-3-11(14)8-13/h5-7,11,14H,3-4,8H2,1-2H3. The van der Waals surface area contributed by atoms with Gasteiger partial charge in [-0.25, -0.2) is 8.42 Å². The first-order chi connectivity index (χ1) is 7.89. The second-order valence-corrected chi connectivity index (χ2v) is 6.57. The summed E-state index contributed by atoms with van der Waals surface area (Å²) < 4.78 is 26.0. The van der Waals surface area contributed by atoms with Gasteiger partial charge in [-0.1, -0.05) is 6.07 Å². The van der Waals surface area contributed by atoms with Gasteiger partial charge in [-0.2, -0.15) is 4.31 Å². The van der Waals surface area contributed by atoms with Crippen molar-refractivity contribution in [2.75, 3.05) is 13.1 Å². The van der Waals surface area contributed by atoms with Crippen LogP contribution in [0.3, 0.4) is 0 Å². The lowest BCUT2D eigenvalue weighted by Gasteiger charge is -2.16. The fourth-order valence-electron chi connectivity index (χ4n) is 2.16. The van der Waals surface area contributed by atoms with Gasteiger partial charge in [-0.3, -0.25) is 0 Å². The van der Waals surface area contributed by atoms with E-state index in [0.29, 0.717) is 17.9 Å². The Labute approximate surface area is 102 Å². The number of sulfonamides is 1. The van der Waals surface area contributed by atoms with Crippen LogP contribution in [-0.2, 0) is 10.0 Å². The fraction of sp³-hybridized carbons (Fsp3) is 0.500. The zero-order valence-electron chi connectivity index (χ0n) is 10.0. The molecular weight excluding hydrogens is 238 g/mol. The van der Waals surface area contributed by atoms with E-state index in [1.54, 1.807) is 12.1 Å². The molecule has 1 aliphatic rings. The third-order valence-corrected chi connectivity index (χ3v) is 4.80. The molecule has 1 saturated heterocycles. The van der Waals surface area contributed by atoms with Crippen LogP contribution in [0.25, 0.3) is 0 Å². The minimum Gasteiger partial charge on any atom is -0.392 e. The van der Waals surface area contributed by atoms with E-state index in [1.807, 2.05) is 19.9 Å². The Hall–Kier alpha value is -0.910. The molecule has 1 atom stereocenters. The van der Waals surface area contributed by atoms with E-state index in [1.165, 1.54) is 4.31 Å². The topological polar surface area (TPSA) is 57.6 Å². The van der Waals surface area contributed by atoms with Gasteiger partial charge >= 0.3 is 0 Å². The van der Waals surface area contributed by atoms with Crippen LogP contribution in [-0.4, -0.2) is 37.0 Å². The summed E-state index contributed by atoms with van der Waals surface area (Å²) in [6, 6.07) is 5.29. The van der Waals surface area contributed by atoms with Crippen molar-refractivity contribution in [2.24, 2.45) is 0 Å². The minimum absolute atomic E-state index is 0.204. The Bertz CT molecular complexity index is 504. The molecule has 1 N–H and O–H groups in total. The molecule has 0 amide bonds.